The number of amides is 2. The van der Waals surface area contributed by atoms with Gasteiger partial charge in [-0.25, -0.2) is 4.39 Å². The molecule has 2 fully saturated rings. The van der Waals surface area contributed by atoms with E-state index in [0.717, 1.165) is 36.9 Å². The molecule has 0 aliphatic carbocycles. The molecule has 4 nitrogen and oxygen atoms in total. The molecule has 0 spiro atoms. The van der Waals surface area contributed by atoms with Gasteiger partial charge in [0.1, 0.15) is 5.82 Å². The van der Waals surface area contributed by atoms with Crippen molar-refractivity contribution >= 4 is 17.5 Å². The van der Waals surface area contributed by atoms with Gasteiger partial charge in [0, 0.05) is 23.3 Å². The molecule has 2 aromatic rings. The van der Waals surface area contributed by atoms with Gasteiger partial charge in [-0.1, -0.05) is 12.1 Å². The fourth-order valence-corrected chi connectivity index (χ4v) is 5.03. The van der Waals surface area contributed by atoms with Crippen molar-refractivity contribution in [2.45, 2.75) is 50.1 Å². The minimum atomic E-state index is -0.209. The second-order valence-electron chi connectivity index (χ2n) is 7.91. The molecule has 3 aliphatic rings. The zero-order chi connectivity index (χ0) is 18.5. The van der Waals surface area contributed by atoms with E-state index in [1.165, 1.54) is 17.7 Å². The van der Waals surface area contributed by atoms with Crippen LogP contribution in [0.15, 0.2) is 42.5 Å². The van der Waals surface area contributed by atoms with Crippen molar-refractivity contribution in [3.63, 3.8) is 0 Å². The summed E-state index contributed by atoms with van der Waals surface area (Å²) in [6, 6.07) is 12.8. The van der Waals surface area contributed by atoms with Gasteiger partial charge in [0.25, 0.3) is 5.91 Å². The highest BCUT2D eigenvalue weighted by atomic mass is 19.1. The number of carbonyl (C=O) groups excluding carboxylic acids is 2. The number of anilines is 1. The minimum Gasteiger partial charge on any atom is -0.333 e. The molecule has 27 heavy (non-hydrogen) atoms. The van der Waals surface area contributed by atoms with Crippen molar-refractivity contribution in [3.8, 4) is 0 Å². The van der Waals surface area contributed by atoms with Gasteiger partial charge in [-0.15, -0.1) is 0 Å². The molecule has 138 valence electrons. The lowest BCUT2D eigenvalue weighted by Crippen LogP contribution is -2.46. The first-order valence-corrected chi connectivity index (χ1v) is 9.59. The van der Waals surface area contributed by atoms with Crippen LogP contribution in [-0.2, 0) is 11.2 Å². The van der Waals surface area contributed by atoms with E-state index >= 15 is 0 Å². The summed E-state index contributed by atoms with van der Waals surface area (Å²) in [7, 11) is 0. The average molecular weight is 364 g/mol. The maximum absolute atomic E-state index is 13.2. The first kappa shape index (κ1) is 16.5. The molecule has 3 heterocycles. The van der Waals surface area contributed by atoms with E-state index in [-0.39, 0.29) is 29.7 Å². The maximum atomic E-state index is 13.2. The van der Waals surface area contributed by atoms with Gasteiger partial charge in [-0.3, -0.25) is 9.59 Å². The molecule has 5 rings (SSSR count). The van der Waals surface area contributed by atoms with E-state index in [1.807, 2.05) is 30.3 Å². The van der Waals surface area contributed by atoms with E-state index < -0.39 is 0 Å². The second-order valence-corrected chi connectivity index (χ2v) is 7.91. The smallest absolute Gasteiger partial charge is 0.254 e. The summed E-state index contributed by atoms with van der Waals surface area (Å²) in [4.78, 5) is 26.8. The van der Waals surface area contributed by atoms with Gasteiger partial charge in [0.05, 0.1) is 6.42 Å². The Morgan fingerprint density at radius 1 is 1.04 bits per heavy atom. The van der Waals surface area contributed by atoms with Crippen LogP contribution in [0, 0.1) is 5.82 Å². The quantitative estimate of drug-likeness (QED) is 0.879. The Balaban J connectivity index is 1.36. The Kier molecular flexibility index (Phi) is 3.78. The van der Waals surface area contributed by atoms with Crippen LogP contribution in [0.1, 0.15) is 53.1 Å². The number of nitrogens with zero attached hydrogens (tertiary/aromatic N) is 1. The summed E-state index contributed by atoms with van der Waals surface area (Å²) in [5.41, 5.74) is 3.55. The molecule has 2 saturated heterocycles. The van der Waals surface area contributed by atoms with Crippen LogP contribution < -0.4 is 5.32 Å². The highest BCUT2D eigenvalue weighted by molar-refractivity contribution is 6.01. The number of halogens is 1. The summed E-state index contributed by atoms with van der Waals surface area (Å²) in [6.45, 7) is 0. The molecule has 1 N–H and O–H groups in total. The van der Waals surface area contributed by atoms with Crippen molar-refractivity contribution < 1.29 is 14.0 Å². The molecule has 0 saturated carbocycles. The monoisotopic (exact) mass is 364 g/mol. The first-order valence-electron chi connectivity index (χ1n) is 9.59. The average Bonchev–Trinajstić information content (AvgIpc) is 3.16. The summed E-state index contributed by atoms with van der Waals surface area (Å²) in [6.07, 6.45) is 4.26. The number of nitrogens with one attached hydrogen (secondary N) is 1. The molecule has 3 atom stereocenters. The predicted octanol–water partition coefficient (Wildman–Crippen LogP) is 3.87. The number of rotatable bonds is 2. The van der Waals surface area contributed by atoms with Crippen molar-refractivity contribution in [3.05, 3.63) is 65.0 Å². The molecule has 3 aliphatic heterocycles. The SMILES string of the molecule is O=C1Cc2cc(C(=O)N3[C@@H]4CC[C@H]3C[C@@H](c3ccc(F)cc3)C4)ccc2N1. The molecule has 2 aromatic carbocycles. The lowest BCUT2D eigenvalue weighted by atomic mass is 9.84. The zero-order valence-corrected chi connectivity index (χ0v) is 15.0. The molecule has 2 amide bonds. The first-order chi connectivity index (χ1) is 13.1. The van der Waals surface area contributed by atoms with Crippen LogP contribution in [0.25, 0.3) is 0 Å². The molecule has 0 radical (unpaired) electrons. The van der Waals surface area contributed by atoms with Gasteiger partial charge in [-0.05, 0) is 73.1 Å². The Morgan fingerprint density at radius 2 is 1.74 bits per heavy atom. The Morgan fingerprint density at radius 3 is 2.44 bits per heavy atom. The van der Waals surface area contributed by atoms with Crippen LogP contribution in [0.4, 0.5) is 10.1 Å². The molecule has 5 heteroatoms. The van der Waals surface area contributed by atoms with Gasteiger partial charge < -0.3 is 10.2 Å². The van der Waals surface area contributed by atoms with E-state index in [0.29, 0.717) is 17.9 Å². The highest BCUT2D eigenvalue weighted by Crippen LogP contribution is 2.43. The molecule has 0 unspecified atom stereocenters. The molecular weight excluding hydrogens is 343 g/mol. The Bertz CT molecular complexity index is 910. The number of fused-ring (bicyclic) bond motifs is 3. The third-order valence-electron chi connectivity index (χ3n) is 6.29. The lowest BCUT2D eigenvalue weighted by molar-refractivity contribution is -0.115. The fraction of sp³-hybridized carbons (Fsp3) is 0.364. The van der Waals surface area contributed by atoms with Gasteiger partial charge in [-0.2, -0.15) is 0 Å². The van der Waals surface area contributed by atoms with Crippen LogP contribution in [0.5, 0.6) is 0 Å². The normalized spacial score (nSPS) is 26.0. The largest absolute Gasteiger partial charge is 0.333 e. The van der Waals surface area contributed by atoms with Gasteiger partial charge in [0.2, 0.25) is 5.91 Å². The third kappa shape index (κ3) is 2.82. The number of benzene rings is 2. The summed E-state index contributed by atoms with van der Waals surface area (Å²) in [5.74, 6) is 0.227. The molecule has 0 aromatic heterocycles. The predicted molar refractivity (Wildman–Crippen MR) is 100 cm³/mol. The van der Waals surface area contributed by atoms with Gasteiger partial charge >= 0.3 is 0 Å². The minimum absolute atomic E-state index is 0.0187. The zero-order valence-electron chi connectivity index (χ0n) is 15.0. The maximum Gasteiger partial charge on any atom is 0.254 e. The number of hydrogen-bond donors (Lipinski definition) is 1. The second kappa shape index (κ2) is 6.19. The van der Waals surface area contributed by atoms with E-state index in [2.05, 4.69) is 10.2 Å². The van der Waals surface area contributed by atoms with Crippen LogP contribution in [0.2, 0.25) is 0 Å². The topological polar surface area (TPSA) is 49.4 Å². The van der Waals surface area contributed by atoms with E-state index in [4.69, 9.17) is 0 Å². The van der Waals surface area contributed by atoms with Gasteiger partial charge in [0.15, 0.2) is 0 Å². The molecule has 2 bridgehead atoms. The van der Waals surface area contributed by atoms with Crippen molar-refractivity contribution in [1.29, 1.82) is 0 Å². The number of carbonyl (C=O) groups is 2. The standard InChI is InChI=1S/C22H21FN2O2/c23-17-4-1-13(2-5-17)15-10-18-6-7-19(11-15)25(18)22(27)14-3-8-20-16(9-14)12-21(26)24-20/h1-5,8-9,15,18-19H,6-7,10-12H2,(H,24,26)/t15-,18+,19-. The van der Waals surface area contributed by atoms with E-state index in [9.17, 15) is 14.0 Å². The van der Waals surface area contributed by atoms with Crippen molar-refractivity contribution in [1.82, 2.24) is 4.90 Å². The molecular formula is C22H21FN2O2. The number of piperidine rings is 1. The van der Waals surface area contributed by atoms with Crippen LogP contribution >= 0.6 is 0 Å². The summed E-state index contributed by atoms with van der Waals surface area (Å²) >= 11 is 0. The lowest BCUT2D eigenvalue weighted by Gasteiger charge is -2.39. The summed E-state index contributed by atoms with van der Waals surface area (Å²) < 4.78 is 13.2. The Hall–Kier alpha value is -2.69. The Labute approximate surface area is 157 Å². The highest BCUT2D eigenvalue weighted by Gasteiger charge is 2.43. The van der Waals surface area contributed by atoms with Crippen molar-refractivity contribution in [2.24, 2.45) is 0 Å². The van der Waals surface area contributed by atoms with E-state index in [1.54, 1.807) is 0 Å². The van der Waals surface area contributed by atoms with Crippen LogP contribution in [-0.4, -0.2) is 28.8 Å². The van der Waals surface area contributed by atoms with Crippen molar-refractivity contribution in [2.75, 3.05) is 5.32 Å². The van der Waals surface area contributed by atoms with Crippen LogP contribution in [0.3, 0.4) is 0 Å². The number of hydrogen-bond acceptors (Lipinski definition) is 2. The third-order valence-corrected chi connectivity index (χ3v) is 6.29. The fourth-order valence-electron chi connectivity index (χ4n) is 5.03. The summed E-state index contributed by atoms with van der Waals surface area (Å²) in [5, 5.41) is 2.81.